The monoisotopic (exact) mass is 248 g/mol. The number of carboxylic acid groups (broad SMARTS) is 1. The largest absolute Gasteiger partial charge is 0.482 e. The third-order valence-corrected chi connectivity index (χ3v) is 1.83. The number of aliphatic carboxylic acids is 1. The summed E-state index contributed by atoms with van der Waals surface area (Å²) in [4.78, 5) is 21.5. The molecule has 0 heterocycles. The average molecular weight is 248 g/mol. The smallest absolute Gasteiger partial charge is 0.341 e. The van der Waals surface area contributed by atoms with Gasteiger partial charge in [-0.25, -0.2) is 9.59 Å². The third kappa shape index (κ3) is 4.90. The van der Waals surface area contributed by atoms with E-state index in [1.807, 2.05) is 0 Å². The molecule has 6 nitrogen and oxygen atoms in total. The molecule has 1 aromatic carbocycles. The SMILES string of the molecule is C#CCNC(=O)Nc1ccc(OCC(=O)O)cc1. The van der Waals surface area contributed by atoms with Crippen molar-refractivity contribution >= 4 is 17.7 Å². The van der Waals surface area contributed by atoms with Gasteiger partial charge in [0, 0.05) is 5.69 Å². The molecular weight excluding hydrogens is 236 g/mol. The first-order chi connectivity index (χ1) is 8.61. The summed E-state index contributed by atoms with van der Waals surface area (Å²) in [6.07, 6.45) is 4.99. The van der Waals surface area contributed by atoms with Gasteiger partial charge in [-0.15, -0.1) is 6.42 Å². The van der Waals surface area contributed by atoms with Crippen LogP contribution in [-0.2, 0) is 4.79 Å². The standard InChI is InChI=1S/C12H12N2O4/c1-2-7-13-12(17)14-9-3-5-10(6-4-9)18-8-11(15)16/h1,3-6H,7-8H2,(H,15,16)(H2,13,14,17). The van der Waals surface area contributed by atoms with Crippen LogP contribution in [0.4, 0.5) is 10.5 Å². The molecule has 2 amide bonds. The van der Waals surface area contributed by atoms with Crippen LogP contribution in [0.3, 0.4) is 0 Å². The molecule has 1 aromatic rings. The second-order valence-electron chi connectivity index (χ2n) is 3.22. The Balaban J connectivity index is 2.47. The molecule has 3 N–H and O–H groups in total. The number of amides is 2. The van der Waals surface area contributed by atoms with Crippen molar-refractivity contribution in [3.05, 3.63) is 24.3 Å². The first-order valence-electron chi connectivity index (χ1n) is 5.05. The van der Waals surface area contributed by atoms with Gasteiger partial charge in [0.15, 0.2) is 6.61 Å². The number of ether oxygens (including phenoxy) is 1. The lowest BCUT2D eigenvalue weighted by Gasteiger charge is -2.07. The molecule has 0 saturated heterocycles. The maximum absolute atomic E-state index is 11.2. The molecular formula is C12H12N2O4. The van der Waals surface area contributed by atoms with Crippen LogP contribution in [0.2, 0.25) is 0 Å². The van der Waals surface area contributed by atoms with Crippen LogP contribution in [0.15, 0.2) is 24.3 Å². The molecule has 94 valence electrons. The van der Waals surface area contributed by atoms with Crippen molar-refractivity contribution in [1.29, 1.82) is 0 Å². The fourth-order valence-corrected chi connectivity index (χ4v) is 1.09. The van der Waals surface area contributed by atoms with Crippen molar-refractivity contribution in [3.63, 3.8) is 0 Å². The number of anilines is 1. The number of hydrogen-bond acceptors (Lipinski definition) is 3. The Kier molecular flexibility index (Phi) is 5.06. The highest BCUT2D eigenvalue weighted by molar-refractivity contribution is 5.89. The summed E-state index contributed by atoms with van der Waals surface area (Å²) in [5.41, 5.74) is 0.548. The molecule has 0 atom stereocenters. The number of terminal acetylenes is 1. The normalized spacial score (nSPS) is 9.06. The van der Waals surface area contributed by atoms with E-state index in [4.69, 9.17) is 16.3 Å². The quantitative estimate of drug-likeness (QED) is 0.676. The lowest BCUT2D eigenvalue weighted by Crippen LogP contribution is -2.28. The first kappa shape index (κ1) is 13.4. The van der Waals surface area contributed by atoms with Gasteiger partial charge < -0.3 is 20.5 Å². The van der Waals surface area contributed by atoms with Gasteiger partial charge in [-0.05, 0) is 24.3 Å². The van der Waals surface area contributed by atoms with Gasteiger partial charge in [-0.1, -0.05) is 5.92 Å². The van der Waals surface area contributed by atoms with Gasteiger partial charge in [-0.2, -0.15) is 0 Å². The van der Waals surface area contributed by atoms with E-state index < -0.39 is 18.6 Å². The molecule has 0 saturated carbocycles. The number of urea groups is 1. The second kappa shape index (κ2) is 6.81. The van der Waals surface area contributed by atoms with E-state index in [1.165, 1.54) is 0 Å². The second-order valence-corrected chi connectivity index (χ2v) is 3.22. The summed E-state index contributed by atoms with van der Waals surface area (Å²) in [5.74, 6) is 1.63. The van der Waals surface area contributed by atoms with Crippen LogP contribution in [0.25, 0.3) is 0 Å². The van der Waals surface area contributed by atoms with Gasteiger partial charge in [0.2, 0.25) is 0 Å². The number of nitrogens with one attached hydrogen (secondary N) is 2. The summed E-state index contributed by atoms with van der Waals surface area (Å²) in [6, 6.07) is 5.88. The van der Waals surface area contributed by atoms with Crippen molar-refractivity contribution in [2.24, 2.45) is 0 Å². The van der Waals surface area contributed by atoms with Crippen LogP contribution in [0.5, 0.6) is 5.75 Å². The molecule has 0 bridgehead atoms. The molecule has 0 radical (unpaired) electrons. The van der Waals surface area contributed by atoms with Crippen LogP contribution < -0.4 is 15.4 Å². The highest BCUT2D eigenvalue weighted by Gasteiger charge is 2.02. The molecule has 0 spiro atoms. The fraction of sp³-hybridized carbons (Fsp3) is 0.167. The number of rotatable bonds is 5. The lowest BCUT2D eigenvalue weighted by atomic mass is 10.3. The highest BCUT2D eigenvalue weighted by atomic mass is 16.5. The molecule has 0 aliphatic rings. The zero-order valence-electron chi connectivity index (χ0n) is 9.47. The Morgan fingerprint density at radius 1 is 1.33 bits per heavy atom. The van der Waals surface area contributed by atoms with Crippen LogP contribution in [0.1, 0.15) is 0 Å². The van der Waals surface area contributed by atoms with E-state index in [0.717, 1.165) is 0 Å². The molecule has 0 aliphatic carbocycles. The summed E-state index contributed by atoms with van der Waals surface area (Å²) in [6.45, 7) is -0.263. The number of carbonyl (C=O) groups excluding carboxylic acids is 1. The Labute approximate surface area is 104 Å². The van der Waals surface area contributed by atoms with Crippen LogP contribution in [-0.4, -0.2) is 30.3 Å². The number of carboxylic acids is 1. The fourth-order valence-electron chi connectivity index (χ4n) is 1.09. The van der Waals surface area contributed by atoms with E-state index in [2.05, 4.69) is 16.6 Å². The minimum absolute atomic E-state index is 0.144. The zero-order chi connectivity index (χ0) is 13.4. The van der Waals surface area contributed by atoms with Crippen LogP contribution in [0, 0.1) is 12.3 Å². The Morgan fingerprint density at radius 3 is 2.56 bits per heavy atom. The molecule has 0 unspecified atom stereocenters. The van der Waals surface area contributed by atoms with Gasteiger partial charge >= 0.3 is 12.0 Å². The lowest BCUT2D eigenvalue weighted by molar-refractivity contribution is -0.139. The molecule has 1 rings (SSSR count). The minimum Gasteiger partial charge on any atom is -0.482 e. The Morgan fingerprint density at radius 2 is 2.00 bits per heavy atom. The third-order valence-electron chi connectivity index (χ3n) is 1.83. The summed E-state index contributed by atoms with van der Waals surface area (Å²) >= 11 is 0. The van der Waals surface area contributed by atoms with E-state index >= 15 is 0 Å². The zero-order valence-corrected chi connectivity index (χ0v) is 9.47. The number of carbonyl (C=O) groups is 2. The predicted molar refractivity (Wildman–Crippen MR) is 65.4 cm³/mol. The Bertz CT molecular complexity index is 462. The van der Waals surface area contributed by atoms with Crippen molar-refractivity contribution in [2.45, 2.75) is 0 Å². The summed E-state index contributed by atoms with van der Waals surface area (Å²) in [7, 11) is 0. The predicted octanol–water partition coefficient (Wildman–Crippen LogP) is 0.905. The van der Waals surface area contributed by atoms with E-state index in [9.17, 15) is 9.59 Å². The number of hydrogen-bond donors (Lipinski definition) is 3. The highest BCUT2D eigenvalue weighted by Crippen LogP contribution is 2.15. The maximum atomic E-state index is 11.2. The number of benzene rings is 1. The van der Waals surface area contributed by atoms with Crippen molar-refractivity contribution < 1.29 is 19.4 Å². The van der Waals surface area contributed by atoms with E-state index in [0.29, 0.717) is 11.4 Å². The van der Waals surface area contributed by atoms with Gasteiger partial charge in [-0.3, -0.25) is 0 Å². The molecule has 0 aliphatic heterocycles. The average Bonchev–Trinajstić information content (AvgIpc) is 2.35. The van der Waals surface area contributed by atoms with E-state index in [-0.39, 0.29) is 6.54 Å². The van der Waals surface area contributed by atoms with Crippen LogP contribution >= 0.6 is 0 Å². The molecule has 18 heavy (non-hydrogen) atoms. The van der Waals surface area contributed by atoms with Crippen molar-refractivity contribution in [1.82, 2.24) is 5.32 Å². The van der Waals surface area contributed by atoms with Gasteiger partial charge in [0.25, 0.3) is 0 Å². The molecule has 6 heteroatoms. The summed E-state index contributed by atoms with van der Waals surface area (Å²) < 4.78 is 4.94. The Hall–Kier alpha value is -2.68. The topological polar surface area (TPSA) is 87.7 Å². The first-order valence-corrected chi connectivity index (χ1v) is 5.05. The van der Waals surface area contributed by atoms with Gasteiger partial charge in [0.1, 0.15) is 5.75 Å². The maximum Gasteiger partial charge on any atom is 0.341 e. The molecule has 0 aromatic heterocycles. The van der Waals surface area contributed by atoms with E-state index in [1.54, 1.807) is 24.3 Å². The summed E-state index contributed by atoms with van der Waals surface area (Å²) in [5, 5.41) is 13.4. The van der Waals surface area contributed by atoms with Gasteiger partial charge in [0.05, 0.1) is 6.54 Å². The minimum atomic E-state index is -1.05. The van der Waals surface area contributed by atoms with Crippen molar-refractivity contribution in [3.8, 4) is 18.1 Å². The molecule has 0 fully saturated rings. The van der Waals surface area contributed by atoms with Crippen molar-refractivity contribution in [2.75, 3.05) is 18.5 Å².